The van der Waals surface area contributed by atoms with Gasteiger partial charge in [0.1, 0.15) is 41.7 Å². The Labute approximate surface area is 793 Å². The molecule has 132 heavy (non-hydrogen) atoms. The van der Waals surface area contributed by atoms with Gasteiger partial charge in [0.15, 0.2) is 0 Å². The molecule has 9 fully saturated rings. The lowest BCUT2D eigenvalue weighted by molar-refractivity contribution is 0.156. The van der Waals surface area contributed by atoms with Crippen molar-refractivity contribution >= 4 is 60.7 Å². The Kier molecular flexibility index (Phi) is 31.9. The van der Waals surface area contributed by atoms with Gasteiger partial charge in [0, 0.05) is 11.1 Å². The van der Waals surface area contributed by atoms with Gasteiger partial charge >= 0.3 is 30.4 Å². The molecule has 0 aliphatic heterocycles. The van der Waals surface area contributed by atoms with E-state index in [0.29, 0.717) is 171 Å². The van der Waals surface area contributed by atoms with Crippen molar-refractivity contribution in [3.8, 4) is 17.2 Å². The number of rotatable bonds is 29. The van der Waals surface area contributed by atoms with Crippen LogP contribution in [0.5, 0.6) is 17.2 Å². The van der Waals surface area contributed by atoms with E-state index in [9.17, 15) is 38.9 Å². The lowest BCUT2D eigenvalue weighted by Gasteiger charge is -2.43. The molecular formula is C108H152O18S6. The van der Waals surface area contributed by atoms with E-state index in [-0.39, 0.29) is 147 Å². The van der Waals surface area contributed by atoms with Crippen LogP contribution in [0, 0.1) is 23.7 Å². The van der Waals surface area contributed by atoms with E-state index in [2.05, 4.69) is 39.8 Å². The maximum Gasteiger partial charge on any atom is 0.339 e. The third kappa shape index (κ3) is 22.4. The molecule has 24 heteroatoms. The van der Waals surface area contributed by atoms with Crippen molar-refractivity contribution in [3.63, 3.8) is 0 Å². The van der Waals surface area contributed by atoms with Gasteiger partial charge in [-0.15, -0.1) is 0 Å². The van der Waals surface area contributed by atoms with Gasteiger partial charge in [-0.05, 0) is 362 Å². The molecule has 9 aliphatic carbocycles. The molecule has 3 N–H and O–H groups in total. The molecule has 0 amide bonds. The predicted molar refractivity (Wildman–Crippen MR) is 524 cm³/mol. The summed E-state index contributed by atoms with van der Waals surface area (Å²) in [7, 11) is -28.7. The van der Waals surface area contributed by atoms with Crippen LogP contribution in [-0.4, -0.2) is 64.2 Å². The van der Waals surface area contributed by atoms with Crippen LogP contribution in [0.2, 0.25) is 0 Å². The first kappa shape index (κ1) is 101. The normalized spacial score (nSPS) is 24.2. The van der Waals surface area contributed by atoms with E-state index in [1.165, 1.54) is 12.1 Å². The van der Waals surface area contributed by atoms with Crippen molar-refractivity contribution < 1.29 is 76.7 Å². The molecule has 0 heterocycles. The molecule has 6 aromatic carbocycles. The molecule has 9 aliphatic rings. The highest BCUT2D eigenvalue weighted by Gasteiger charge is 2.46. The van der Waals surface area contributed by atoms with Crippen molar-refractivity contribution in [2.45, 2.75) is 464 Å². The van der Waals surface area contributed by atoms with Gasteiger partial charge in [-0.25, -0.2) is 0 Å². The summed E-state index contributed by atoms with van der Waals surface area (Å²) >= 11 is 0. The average Bonchev–Trinajstić information content (AvgIpc) is 0.758. The second-order valence-electron chi connectivity index (χ2n) is 43.9. The molecule has 18 nitrogen and oxygen atoms in total. The molecule has 9 saturated carbocycles. The van der Waals surface area contributed by atoms with Gasteiger partial charge in [0.2, 0.25) is 0 Å². The highest BCUT2D eigenvalue weighted by molar-refractivity contribution is 7.88. The standard InChI is InChI=1S/C108H152O18S6/c1-66(2)83-54-91(68(5)6)106(92(55-83)69(7)8)130(118,119)124-87-62-100(78-39-26-17-27-40-78)105(129(115,116)117)101(63-87)80-51-47-74(48-52-80)73-45-49-79(50-46-73)95-64-88(127(109,110)111)65-96(103(95)126-132(122,123)107-93(70(9)10)56-84(67(3)4)57-94(107)71(11)12)82-42-30-41-81(53-82)89-43-28-29-44-90(89)102-59-85(72-31-18-13-19-32-72)58-97(75-33-20-14-21-34-75)108(102)131(120,121)125-86-60-98(76-35-22-15-23-36-76)104(128(112,113)114)99(61-86)77-37-24-16-25-38-77/h54-82,89-90H,13-53H2,1-12H3,(H,109,110,111)(H,112,113,114)(H,115,116,117). The fraction of sp³-hybridized carbons (Fsp3) is 0.667. The molecule has 4 atom stereocenters. The summed E-state index contributed by atoms with van der Waals surface area (Å²) in [6.07, 6.45) is 32.6. The summed E-state index contributed by atoms with van der Waals surface area (Å²) in [4.78, 5) is -0.150. The van der Waals surface area contributed by atoms with Gasteiger partial charge < -0.3 is 12.5 Å². The van der Waals surface area contributed by atoms with Crippen LogP contribution >= 0.6 is 0 Å². The first-order chi connectivity index (χ1) is 62.5. The minimum absolute atomic E-state index is 0.0173. The van der Waals surface area contributed by atoms with E-state index in [1.807, 2.05) is 79.7 Å². The first-order valence-corrected chi connectivity index (χ1v) is 59.9. The lowest BCUT2D eigenvalue weighted by atomic mass is 9.63. The van der Waals surface area contributed by atoms with E-state index in [4.69, 9.17) is 12.5 Å². The van der Waals surface area contributed by atoms with Crippen LogP contribution in [0.3, 0.4) is 0 Å². The number of hydrogen-bond donors (Lipinski definition) is 3. The highest BCUT2D eigenvalue weighted by Crippen LogP contribution is 2.58. The molecule has 0 bridgehead atoms. The van der Waals surface area contributed by atoms with Crippen molar-refractivity contribution in [2.24, 2.45) is 23.7 Å². The molecule has 0 saturated heterocycles. The summed E-state index contributed by atoms with van der Waals surface area (Å²) < 4.78 is 236. The quantitative estimate of drug-likeness (QED) is 0.0290. The van der Waals surface area contributed by atoms with Crippen molar-refractivity contribution in [1.82, 2.24) is 0 Å². The first-order valence-electron chi connectivity index (χ1n) is 51.4. The van der Waals surface area contributed by atoms with Gasteiger partial charge in [0.25, 0.3) is 30.4 Å². The fourth-order valence-electron chi connectivity index (χ4n) is 26.2. The Bertz CT molecular complexity index is 5740. The predicted octanol–water partition coefficient (Wildman–Crippen LogP) is 29.2. The zero-order chi connectivity index (χ0) is 94.4. The molecule has 0 aromatic heterocycles. The third-order valence-corrected chi connectivity index (χ3v) is 40.1. The van der Waals surface area contributed by atoms with E-state index in [0.717, 1.165) is 175 Å². The van der Waals surface area contributed by atoms with Crippen molar-refractivity contribution in [1.29, 1.82) is 0 Å². The molecular weight excluding hydrogens is 1780 g/mol. The largest absolute Gasteiger partial charge is 0.379 e. The molecule has 0 radical (unpaired) electrons. The Morgan fingerprint density at radius 3 is 0.909 bits per heavy atom. The molecule has 6 aromatic rings. The molecule has 0 spiro atoms. The molecule has 4 unspecified atom stereocenters. The smallest absolute Gasteiger partial charge is 0.339 e. The summed E-state index contributed by atoms with van der Waals surface area (Å²) in [5.74, 6) is -2.50. The third-order valence-electron chi connectivity index (χ3n) is 33.2. The number of hydrogen-bond acceptors (Lipinski definition) is 15. The molecule has 15 rings (SSSR count). The Hall–Kier alpha value is -5.70. The Balaban J connectivity index is 0.791. The topological polar surface area (TPSA) is 293 Å². The zero-order valence-electron chi connectivity index (χ0n) is 80.8. The van der Waals surface area contributed by atoms with Gasteiger partial charge in [-0.3, -0.25) is 13.7 Å². The second kappa shape index (κ2) is 41.8. The summed E-state index contributed by atoms with van der Waals surface area (Å²) in [6.45, 7) is 24.2. The van der Waals surface area contributed by atoms with Crippen molar-refractivity contribution in [2.75, 3.05) is 0 Å². The fourth-order valence-corrected chi connectivity index (χ4v) is 33.6. The number of benzene rings is 6. The van der Waals surface area contributed by atoms with Crippen LogP contribution in [0.4, 0.5) is 0 Å². The summed E-state index contributed by atoms with van der Waals surface area (Å²) in [5.41, 5.74) is 9.70. The van der Waals surface area contributed by atoms with Crippen LogP contribution < -0.4 is 12.5 Å². The van der Waals surface area contributed by atoms with E-state index < -0.39 is 72.5 Å². The molecule has 728 valence electrons. The minimum atomic E-state index is -4.98. The van der Waals surface area contributed by atoms with Crippen LogP contribution in [0.1, 0.15) is 519 Å². The highest BCUT2D eigenvalue weighted by atomic mass is 32.2. The van der Waals surface area contributed by atoms with Gasteiger partial charge in [-0.2, -0.15) is 50.5 Å². The van der Waals surface area contributed by atoms with E-state index in [1.54, 1.807) is 24.3 Å². The second-order valence-corrected chi connectivity index (χ2v) is 52.5. The zero-order valence-corrected chi connectivity index (χ0v) is 85.7. The van der Waals surface area contributed by atoms with Gasteiger partial charge in [-0.1, -0.05) is 241 Å². The van der Waals surface area contributed by atoms with E-state index >= 15 is 25.3 Å². The minimum Gasteiger partial charge on any atom is -0.379 e. The summed E-state index contributed by atoms with van der Waals surface area (Å²) in [6, 6.07) is 21.7. The van der Waals surface area contributed by atoms with Crippen LogP contribution in [-0.2, 0) is 60.7 Å². The Morgan fingerprint density at radius 1 is 0.250 bits per heavy atom. The van der Waals surface area contributed by atoms with Crippen LogP contribution in [0.15, 0.2) is 102 Å². The summed E-state index contributed by atoms with van der Waals surface area (Å²) in [5, 5.41) is 0. The Morgan fingerprint density at radius 2 is 0.553 bits per heavy atom. The monoisotopic (exact) mass is 1930 g/mol. The maximum absolute atomic E-state index is 16.7. The maximum atomic E-state index is 16.7. The lowest BCUT2D eigenvalue weighted by Crippen LogP contribution is -2.31. The van der Waals surface area contributed by atoms with Crippen LogP contribution in [0.25, 0.3) is 0 Å². The van der Waals surface area contributed by atoms with Crippen molar-refractivity contribution in [3.05, 3.63) is 156 Å². The average molecular weight is 1930 g/mol. The van der Waals surface area contributed by atoms with Gasteiger partial charge in [0.05, 0.1) is 4.90 Å². The SMILES string of the molecule is CC(C)c1cc(C(C)C)c(S(=O)(=O)Oc2cc(C3CCCCC3)c(S(=O)(=O)O)c(C3CCC(C4CCC(c5cc(S(=O)(=O)O)cc(C6CCCC(C7CCCCC7c7cc(C8CCCCC8)cc(C8CCCCC8)c7S(=O)(=O)Oc7cc(C8CCCCC8)c(S(=O)(=O)O)c(C8CCCCC8)c7)C6)c5OS(=O)(=O)c5c(C(C)C)cc(C(C)C)cc5C(C)C)CC4)CC3)c2)c(C(C)C)c1.